The van der Waals surface area contributed by atoms with Gasteiger partial charge < -0.3 is 5.32 Å². The van der Waals surface area contributed by atoms with Crippen molar-refractivity contribution in [2.75, 3.05) is 5.32 Å². The van der Waals surface area contributed by atoms with E-state index in [2.05, 4.69) is 37.3 Å². The molecule has 0 radical (unpaired) electrons. The van der Waals surface area contributed by atoms with Crippen LogP contribution in [0.15, 0.2) is 18.2 Å². The average molecular weight is 311 g/mol. The van der Waals surface area contributed by atoms with Gasteiger partial charge in [-0.05, 0) is 48.8 Å². The Hall–Kier alpha value is -2.10. The number of benzene rings is 1. The van der Waals surface area contributed by atoms with E-state index in [4.69, 9.17) is 0 Å². The Balaban J connectivity index is 1.99. The minimum Gasteiger partial charge on any atom is -0.322 e. The normalized spacial score (nSPS) is 18.8. The van der Waals surface area contributed by atoms with E-state index in [0.29, 0.717) is 11.5 Å². The summed E-state index contributed by atoms with van der Waals surface area (Å²) in [7, 11) is 1.87. The van der Waals surface area contributed by atoms with Gasteiger partial charge in [0, 0.05) is 18.4 Å². The fourth-order valence-electron chi connectivity index (χ4n) is 4.06. The molecular formula is C19H25N3O. The summed E-state index contributed by atoms with van der Waals surface area (Å²) < 4.78 is 1.76. The van der Waals surface area contributed by atoms with Crippen LogP contribution in [0.4, 0.5) is 5.69 Å². The fraction of sp³-hybridized carbons (Fsp3) is 0.474. The molecule has 0 saturated carbocycles. The number of aromatic nitrogens is 2. The molecular weight excluding hydrogens is 286 g/mol. The van der Waals surface area contributed by atoms with E-state index in [9.17, 15) is 4.79 Å². The lowest BCUT2D eigenvalue weighted by Gasteiger charge is -2.19. The van der Waals surface area contributed by atoms with E-state index in [0.717, 1.165) is 23.5 Å². The molecule has 1 aromatic carbocycles. The number of fused-ring (bicyclic) bond motifs is 1. The Kier molecular flexibility index (Phi) is 3.58. The van der Waals surface area contributed by atoms with Gasteiger partial charge in [0.05, 0.1) is 11.3 Å². The maximum Gasteiger partial charge on any atom is 0.259 e. The van der Waals surface area contributed by atoms with Crippen molar-refractivity contribution in [3.63, 3.8) is 0 Å². The molecule has 1 N–H and O–H groups in total. The summed E-state index contributed by atoms with van der Waals surface area (Å²) in [5.74, 6) is 0.381. The molecule has 0 spiro atoms. The number of hydrogen-bond donors (Lipinski definition) is 1. The number of nitrogens with zero attached hydrogens (tertiary/aromatic N) is 2. The van der Waals surface area contributed by atoms with Crippen LogP contribution < -0.4 is 5.32 Å². The molecule has 0 fully saturated rings. The van der Waals surface area contributed by atoms with Crippen molar-refractivity contribution in [3.05, 3.63) is 46.3 Å². The fourth-order valence-corrected chi connectivity index (χ4v) is 4.06. The summed E-state index contributed by atoms with van der Waals surface area (Å²) in [5, 5.41) is 7.47. The first kappa shape index (κ1) is 15.8. The standard InChI is InChI=1S/C19H25N3O/c1-11-10-19(4,5)14-8-7-9-15(16(11)14)20-18(23)17-12(2)21-22(6)13(17)3/h7-9,11H,10H2,1-6H3,(H,20,23)/t11-/m0/s1. The lowest BCUT2D eigenvalue weighted by molar-refractivity contribution is 0.102. The average Bonchev–Trinajstić information content (AvgIpc) is 2.84. The van der Waals surface area contributed by atoms with E-state index in [1.165, 1.54) is 11.1 Å². The van der Waals surface area contributed by atoms with Gasteiger partial charge in [0.1, 0.15) is 0 Å². The molecule has 0 unspecified atom stereocenters. The van der Waals surface area contributed by atoms with E-state index in [1.54, 1.807) is 4.68 Å². The monoisotopic (exact) mass is 311 g/mol. The smallest absolute Gasteiger partial charge is 0.259 e. The van der Waals surface area contributed by atoms with Gasteiger partial charge >= 0.3 is 0 Å². The van der Waals surface area contributed by atoms with Crippen LogP contribution in [0.1, 0.15) is 66.0 Å². The molecule has 2 aromatic rings. The summed E-state index contributed by atoms with van der Waals surface area (Å²) >= 11 is 0. The molecule has 23 heavy (non-hydrogen) atoms. The number of rotatable bonds is 2. The number of hydrogen-bond acceptors (Lipinski definition) is 2. The van der Waals surface area contributed by atoms with Crippen LogP contribution in [0.2, 0.25) is 0 Å². The summed E-state index contributed by atoms with van der Waals surface area (Å²) in [6.45, 7) is 10.6. The first-order valence-corrected chi connectivity index (χ1v) is 8.17. The van der Waals surface area contributed by atoms with Gasteiger partial charge in [0.15, 0.2) is 0 Å². The van der Waals surface area contributed by atoms with E-state index < -0.39 is 0 Å². The van der Waals surface area contributed by atoms with E-state index in [1.807, 2.05) is 33.0 Å². The van der Waals surface area contributed by atoms with Gasteiger partial charge in [-0.25, -0.2) is 0 Å². The highest BCUT2D eigenvalue weighted by molar-refractivity contribution is 6.06. The van der Waals surface area contributed by atoms with Gasteiger partial charge in [-0.15, -0.1) is 0 Å². The third-order valence-corrected chi connectivity index (χ3v) is 5.13. The second kappa shape index (κ2) is 5.22. The topological polar surface area (TPSA) is 46.9 Å². The number of anilines is 1. The van der Waals surface area contributed by atoms with Gasteiger partial charge in [-0.1, -0.05) is 32.9 Å². The van der Waals surface area contributed by atoms with Crippen LogP contribution in [0.25, 0.3) is 0 Å². The van der Waals surface area contributed by atoms with Crippen molar-refractivity contribution >= 4 is 11.6 Å². The van der Waals surface area contributed by atoms with Crippen molar-refractivity contribution in [1.82, 2.24) is 9.78 Å². The van der Waals surface area contributed by atoms with Crippen LogP contribution >= 0.6 is 0 Å². The molecule has 1 heterocycles. The van der Waals surface area contributed by atoms with Crippen molar-refractivity contribution in [3.8, 4) is 0 Å². The summed E-state index contributed by atoms with van der Waals surface area (Å²) in [5.41, 5.74) is 6.07. The summed E-state index contributed by atoms with van der Waals surface area (Å²) in [6.07, 6.45) is 1.11. The molecule has 1 aromatic heterocycles. The highest BCUT2D eigenvalue weighted by Crippen LogP contribution is 2.48. The molecule has 0 bridgehead atoms. The quantitative estimate of drug-likeness (QED) is 0.908. The van der Waals surface area contributed by atoms with Crippen LogP contribution in [0.5, 0.6) is 0 Å². The Morgan fingerprint density at radius 2 is 2.04 bits per heavy atom. The van der Waals surface area contributed by atoms with Crippen molar-refractivity contribution in [2.24, 2.45) is 7.05 Å². The second-order valence-electron chi connectivity index (χ2n) is 7.38. The molecule has 1 aliphatic carbocycles. The molecule has 0 aliphatic heterocycles. The second-order valence-corrected chi connectivity index (χ2v) is 7.38. The van der Waals surface area contributed by atoms with E-state index in [-0.39, 0.29) is 11.3 Å². The number of amides is 1. The first-order valence-electron chi connectivity index (χ1n) is 8.17. The molecule has 122 valence electrons. The molecule has 3 rings (SSSR count). The zero-order valence-corrected chi connectivity index (χ0v) is 14.8. The Bertz CT molecular complexity index is 786. The maximum absolute atomic E-state index is 12.8. The molecule has 1 atom stereocenters. The Morgan fingerprint density at radius 1 is 1.35 bits per heavy atom. The largest absolute Gasteiger partial charge is 0.322 e. The Labute approximate surface area is 137 Å². The van der Waals surface area contributed by atoms with Crippen molar-refractivity contribution in [2.45, 2.75) is 52.4 Å². The van der Waals surface area contributed by atoms with Crippen LogP contribution in [0.3, 0.4) is 0 Å². The highest BCUT2D eigenvalue weighted by Gasteiger charge is 2.36. The predicted molar refractivity (Wildman–Crippen MR) is 93.1 cm³/mol. The highest BCUT2D eigenvalue weighted by atomic mass is 16.1. The van der Waals surface area contributed by atoms with Crippen molar-refractivity contribution < 1.29 is 4.79 Å². The number of carbonyl (C=O) groups excluding carboxylic acids is 1. The summed E-state index contributed by atoms with van der Waals surface area (Å²) in [4.78, 5) is 12.8. The van der Waals surface area contributed by atoms with Gasteiger partial charge in [-0.2, -0.15) is 5.10 Å². The number of carbonyl (C=O) groups is 1. The number of nitrogens with one attached hydrogen (secondary N) is 1. The first-order chi connectivity index (χ1) is 10.7. The van der Waals surface area contributed by atoms with E-state index >= 15 is 0 Å². The Morgan fingerprint density at radius 3 is 2.65 bits per heavy atom. The zero-order valence-electron chi connectivity index (χ0n) is 14.8. The lowest BCUT2D eigenvalue weighted by Crippen LogP contribution is -2.16. The number of aryl methyl sites for hydroxylation is 2. The lowest BCUT2D eigenvalue weighted by atomic mass is 9.86. The van der Waals surface area contributed by atoms with Crippen LogP contribution in [-0.2, 0) is 12.5 Å². The SMILES string of the molecule is Cc1nn(C)c(C)c1C(=O)Nc1cccc2c1[C@@H](C)CC2(C)C. The third kappa shape index (κ3) is 2.46. The minimum atomic E-state index is -0.0709. The van der Waals surface area contributed by atoms with Crippen LogP contribution in [0, 0.1) is 13.8 Å². The summed E-state index contributed by atoms with van der Waals surface area (Å²) in [6, 6.07) is 6.24. The van der Waals surface area contributed by atoms with Crippen molar-refractivity contribution in [1.29, 1.82) is 0 Å². The third-order valence-electron chi connectivity index (χ3n) is 5.13. The minimum absolute atomic E-state index is 0.0709. The maximum atomic E-state index is 12.8. The zero-order chi connectivity index (χ0) is 16.9. The molecule has 0 saturated heterocycles. The van der Waals surface area contributed by atoms with Gasteiger partial charge in [0.25, 0.3) is 5.91 Å². The van der Waals surface area contributed by atoms with Gasteiger partial charge in [-0.3, -0.25) is 9.48 Å². The van der Waals surface area contributed by atoms with Crippen LogP contribution in [-0.4, -0.2) is 15.7 Å². The molecule has 4 heteroatoms. The predicted octanol–water partition coefficient (Wildman–Crippen LogP) is 4.07. The molecule has 1 amide bonds. The molecule has 1 aliphatic rings. The van der Waals surface area contributed by atoms with Gasteiger partial charge in [0.2, 0.25) is 0 Å². The molecule has 4 nitrogen and oxygen atoms in total.